The second kappa shape index (κ2) is 9.55. The highest BCUT2D eigenvalue weighted by molar-refractivity contribution is 8.26. The van der Waals surface area contributed by atoms with E-state index in [1.165, 1.54) is 0 Å². The van der Waals surface area contributed by atoms with Crippen molar-refractivity contribution in [3.63, 3.8) is 0 Å². The molecule has 1 heterocycles. The van der Waals surface area contributed by atoms with E-state index >= 15 is 0 Å². The molecule has 0 aromatic heterocycles. The van der Waals surface area contributed by atoms with Gasteiger partial charge in [0, 0.05) is 5.56 Å². The minimum absolute atomic E-state index is 0.208. The summed E-state index contributed by atoms with van der Waals surface area (Å²) in [4.78, 5) is 36.5. The van der Waals surface area contributed by atoms with Crippen molar-refractivity contribution in [3.8, 4) is 5.75 Å². The molecule has 9 heteroatoms. The maximum absolute atomic E-state index is 12.7. The number of amides is 2. The molecule has 2 aromatic carbocycles. The SMILES string of the molecule is CCC(Oc1cccc(/C=C2/SC(=S)N(NC(=O)c3ccccc3)C2=O)c1)C(=O)O. The van der Waals surface area contributed by atoms with E-state index in [0.717, 1.165) is 16.8 Å². The zero-order valence-corrected chi connectivity index (χ0v) is 17.5. The molecule has 2 amide bonds. The number of ether oxygens (including phenoxy) is 1. The van der Waals surface area contributed by atoms with Gasteiger partial charge in [0.1, 0.15) is 5.75 Å². The van der Waals surface area contributed by atoms with E-state index in [2.05, 4.69) is 5.43 Å². The Bertz CT molecular complexity index is 1020. The first-order chi connectivity index (χ1) is 14.4. The number of hydrazine groups is 1. The highest BCUT2D eigenvalue weighted by Crippen LogP contribution is 2.32. The fraction of sp³-hybridized carbons (Fsp3) is 0.143. The molecule has 0 bridgehead atoms. The Morgan fingerprint density at radius 2 is 1.97 bits per heavy atom. The van der Waals surface area contributed by atoms with Crippen LogP contribution in [0.2, 0.25) is 0 Å². The van der Waals surface area contributed by atoms with Gasteiger partial charge in [0.05, 0.1) is 4.91 Å². The van der Waals surface area contributed by atoms with E-state index in [9.17, 15) is 14.4 Å². The molecule has 2 N–H and O–H groups in total. The Morgan fingerprint density at radius 3 is 2.63 bits per heavy atom. The zero-order valence-electron chi connectivity index (χ0n) is 15.9. The quantitative estimate of drug-likeness (QED) is 0.501. The number of carbonyl (C=O) groups excluding carboxylic acids is 2. The lowest BCUT2D eigenvalue weighted by Gasteiger charge is -2.15. The summed E-state index contributed by atoms with van der Waals surface area (Å²) in [5.41, 5.74) is 3.57. The van der Waals surface area contributed by atoms with Crippen LogP contribution in [0.25, 0.3) is 6.08 Å². The molecule has 154 valence electrons. The molecule has 1 fully saturated rings. The molecular weight excluding hydrogens is 424 g/mol. The van der Waals surface area contributed by atoms with Gasteiger partial charge in [-0.05, 0) is 54.5 Å². The number of nitrogens with zero attached hydrogens (tertiary/aromatic N) is 1. The Labute approximate surface area is 182 Å². The smallest absolute Gasteiger partial charge is 0.344 e. The second-order valence-electron chi connectivity index (χ2n) is 6.25. The number of rotatable bonds is 7. The van der Waals surface area contributed by atoms with Gasteiger partial charge in [-0.25, -0.2) is 4.79 Å². The predicted octanol–water partition coefficient (Wildman–Crippen LogP) is 3.47. The number of carboxylic acid groups (broad SMARTS) is 1. The van der Waals surface area contributed by atoms with Crippen LogP contribution >= 0.6 is 24.0 Å². The van der Waals surface area contributed by atoms with E-state index in [0.29, 0.717) is 28.2 Å². The Hall–Kier alpha value is -3.17. The van der Waals surface area contributed by atoms with Gasteiger partial charge in [0.2, 0.25) is 0 Å². The highest BCUT2D eigenvalue weighted by Gasteiger charge is 2.33. The van der Waals surface area contributed by atoms with Crippen LogP contribution < -0.4 is 10.2 Å². The molecule has 0 radical (unpaired) electrons. The van der Waals surface area contributed by atoms with Gasteiger partial charge in [-0.15, -0.1) is 0 Å². The normalized spacial score (nSPS) is 15.9. The van der Waals surface area contributed by atoms with Crippen molar-refractivity contribution < 1.29 is 24.2 Å². The average Bonchev–Trinajstić information content (AvgIpc) is 3.00. The summed E-state index contributed by atoms with van der Waals surface area (Å²) in [6.45, 7) is 1.72. The Morgan fingerprint density at radius 1 is 1.23 bits per heavy atom. The van der Waals surface area contributed by atoms with Crippen molar-refractivity contribution in [1.82, 2.24) is 10.4 Å². The molecule has 0 spiro atoms. The minimum Gasteiger partial charge on any atom is -0.479 e. The topological polar surface area (TPSA) is 95.9 Å². The van der Waals surface area contributed by atoms with E-state index in [-0.39, 0.29) is 4.32 Å². The molecule has 1 unspecified atom stereocenters. The highest BCUT2D eigenvalue weighted by atomic mass is 32.2. The molecule has 2 aromatic rings. The summed E-state index contributed by atoms with van der Waals surface area (Å²) in [5.74, 6) is -1.55. The van der Waals surface area contributed by atoms with Gasteiger partial charge in [0.15, 0.2) is 10.4 Å². The summed E-state index contributed by atoms with van der Waals surface area (Å²) in [7, 11) is 0. The lowest BCUT2D eigenvalue weighted by molar-refractivity contribution is -0.145. The van der Waals surface area contributed by atoms with Crippen LogP contribution in [-0.2, 0) is 9.59 Å². The number of benzene rings is 2. The molecular formula is C21H18N2O5S2. The third-order valence-corrected chi connectivity index (χ3v) is 5.43. The number of thioether (sulfide) groups is 1. The van der Waals surface area contributed by atoms with Crippen LogP contribution in [0.15, 0.2) is 59.5 Å². The van der Waals surface area contributed by atoms with Crippen LogP contribution in [0.4, 0.5) is 0 Å². The maximum atomic E-state index is 12.7. The molecule has 1 saturated heterocycles. The largest absolute Gasteiger partial charge is 0.479 e. The second-order valence-corrected chi connectivity index (χ2v) is 7.93. The molecule has 7 nitrogen and oxygen atoms in total. The molecule has 3 rings (SSSR count). The lowest BCUT2D eigenvalue weighted by Crippen LogP contribution is -2.44. The Kier molecular flexibility index (Phi) is 6.86. The van der Waals surface area contributed by atoms with Crippen molar-refractivity contribution in [1.29, 1.82) is 0 Å². The summed E-state index contributed by atoms with van der Waals surface area (Å²) in [6, 6.07) is 15.2. The first kappa shape index (κ1) is 21.5. The van der Waals surface area contributed by atoms with Gasteiger partial charge in [-0.1, -0.05) is 49.0 Å². The van der Waals surface area contributed by atoms with Crippen LogP contribution in [-0.4, -0.2) is 38.3 Å². The van der Waals surface area contributed by atoms with Crippen molar-refractivity contribution in [2.75, 3.05) is 0 Å². The molecule has 1 aliphatic heterocycles. The minimum atomic E-state index is -1.04. The van der Waals surface area contributed by atoms with Gasteiger partial charge in [-0.3, -0.25) is 15.0 Å². The number of aliphatic carboxylic acids is 1. The number of nitrogens with one attached hydrogen (secondary N) is 1. The number of hydrogen-bond donors (Lipinski definition) is 2. The van der Waals surface area contributed by atoms with Crippen molar-refractivity contribution in [2.45, 2.75) is 19.4 Å². The third kappa shape index (κ3) is 5.05. The van der Waals surface area contributed by atoms with Crippen molar-refractivity contribution in [3.05, 3.63) is 70.6 Å². The molecule has 30 heavy (non-hydrogen) atoms. The van der Waals surface area contributed by atoms with Crippen LogP contribution in [0.5, 0.6) is 5.75 Å². The van der Waals surface area contributed by atoms with Crippen LogP contribution in [0, 0.1) is 0 Å². The lowest BCUT2D eigenvalue weighted by atomic mass is 10.2. The standard InChI is InChI=1S/C21H18N2O5S2/c1-2-16(20(26)27)28-15-10-6-7-13(11-15)12-17-19(25)23(21(29)30-17)22-18(24)14-8-4-3-5-9-14/h3-12,16H,2H2,1H3,(H,22,24)(H,26,27)/b17-12+. The van der Waals surface area contributed by atoms with Gasteiger partial charge >= 0.3 is 5.97 Å². The fourth-order valence-corrected chi connectivity index (χ4v) is 3.80. The van der Waals surface area contributed by atoms with Gasteiger partial charge in [0.25, 0.3) is 11.8 Å². The van der Waals surface area contributed by atoms with E-state index in [4.69, 9.17) is 22.1 Å². The Balaban J connectivity index is 1.74. The third-order valence-electron chi connectivity index (χ3n) is 4.12. The van der Waals surface area contributed by atoms with Crippen LogP contribution in [0.1, 0.15) is 29.3 Å². The van der Waals surface area contributed by atoms with Crippen LogP contribution in [0.3, 0.4) is 0 Å². The summed E-state index contributed by atoms with van der Waals surface area (Å²) < 4.78 is 5.70. The van der Waals surface area contributed by atoms with Gasteiger partial charge < -0.3 is 9.84 Å². The fourth-order valence-electron chi connectivity index (χ4n) is 2.62. The van der Waals surface area contributed by atoms with Crippen molar-refractivity contribution >= 4 is 52.2 Å². The van der Waals surface area contributed by atoms with Gasteiger partial charge in [-0.2, -0.15) is 5.01 Å². The summed E-state index contributed by atoms with van der Waals surface area (Å²) in [6.07, 6.45) is 0.980. The van der Waals surface area contributed by atoms with E-state index < -0.39 is 23.9 Å². The number of hydrogen-bond acceptors (Lipinski definition) is 6. The summed E-state index contributed by atoms with van der Waals surface area (Å²) >= 11 is 6.29. The molecule has 0 aliphatic carbocycles. The number of carboxylic acids is 1. The van der Waals surface area contributed by atoms with Crippen molar-refractivity contribution in [2.24, 2.45) is 0 Å². The average molecular weight is 443 g/mol. The maximum Gasteiger partial charge on any atom is 0.344 e. The predicted molar refractivity (Wildman–Crippen MR) is 118 cm³/mol. The molecule has 0 saturated carbocycles. The first-order valence-electron chi connectivity index (χ1n) is 9.02. The monoisotopic (exact) mass is 442 g/mol. The molecule has 1 aliphatic rings. The van der Waals surface area contributed by atoms with E-state index in [1.807, 2.05) is 0 Å². The number of carbonyl (C=O) groups is 3. The zero-order chi connectivity index (χ0) is 21.7. The number of thiocarbonyl (C=S) groups is 1. The summed E-state index contributed by atoms with van der Waals surface area (Å²) in [5, 5.41) is 10.2. The first-order valence-corrected chi connectivity index (χ1v) is 10.2. The molecule has 1 atom stereocenters. The van der Waals surface area contributed by atoms with E-state index in [1.54, 1.807) is 67.6 Å².